The van der Waals surface area contributed by atoms with Crippen LogP contribution in [0.25, 0.3) is 11.5 Å². The van der Waals surface area contributed by atoms with Gasteiger partial charge in [0, 0.05) is 24.3 Å². The maximum Gasteiger partial charge on any atom is 0.408 e. The van der Waals surface area contributed by atoms with E-state index in [1.807, 2.05) is 20.8 Å². The van der Waals surface area contributed by atoms with Crippen LogP contribution in [0.15, 0.2) is 40.8 Å². The van der Waals surface area contributed by atoms with Crippen molar-refractivity contribution in [3.63, 3.8) is 0 Å². The van der Waals surface area contributed by atoms with Gasteiger partial charge in [-0.25, -0.2) is 13.6 Å². The molecule has 9 nitrogen and oxygen atoms in total. The van der Waals surface area contributed by atoms with E-state index in [1.165, 1.54) is 42.2 Å². The van der Waals surface area contributed by atoms with Crippen molar-refractivity contribution in [1.82, 2.24) is 15.5 Å². The number of carbonyl (C=O) groups excluding carboxylic acids is 2. The van der Waals surface area contributed by atoms with Gasteiger partial charge in [-0.2, -0.15) is 8.78 Å². The number of ether oxygens (including phenoxy) is 2. The van der Waals surface area contributed by atoms with Gasteiger partial charge in [-0.15, -0.1) is 10.2 Å². The van der Waals surface area contributed by atoms with Crippen LogP contribution in [-0.4, -0.2) is 39.9 Å². The zero-order chi connectivity index (χ0) is 32.8. The van der Waals surface area contributed by atoms with Crippen molar-refractivity contribution < 1.29 is 41.0 Å². The van der Waals surface area contributed by atoms with Crippen molar-refractivity contribution in [3.05, 3.63) is 59.2 Å². The maximum atomic E-state index is 16.5. The molecule has 44 heavy (non-hydrogen) atoms. The van der Waals surface area contributed by atoms with Gasteiger partial charge >= 0.3 is 12.2 Å². The molecule has 0 fully saturated rings. The highest BCUT2D eigenvalue weighted by Gasteiger charge is 2.44. The summed E-state index contributed by atoms with van der Waals surface area (Å²) in [5, 5.41) is 10.4. The highest BCUT2D eigenvalue weighted by molar-refractivity contribution is 6.01. The number of nitrogens with one attached hydrogen (secondary N) is 1. The number of fused-ring (bicyclic) bond motifs is 1. The Morgan fingerprint density at radius 3 is 2.27 bits per heavy atom. The van der Waals surface area contributed by atoms with E-state index >= 15 is 8.78 Å². The Morgan fingerprint density at radius 1 is 1.09 bits per heavy atom. The quantitative estimate of drug-likeness (QED) is 0.291. The second kappa shape index (κ2) is 11.4. The zero-order valence-corrected chi connectivity index (χ0v) is 25.9. The predicted molar refractivity (Wildman–Crippen MR) is 154 cm³/mol. The Balaban J connectivity index is 1.81. The Labute approximate surface area is 252 Å². The second-order valence-electron chi connectivity index (χ2n) is 13.1. The first-order valence-corrected chi connectivity index (χ1v) is 14.0. The monoisotopic (exact) mass is 620 g/mol. The third kappa shape index (κ3) is 7.67. The van der Waals surface area contributed by atoms with Crippen LogP contribution >= 0.6 is 0 Å². The molecule has 2 unspecified atom stereocenters. The second-order valence-corrected chi connectivity index (χ2v) is 13.1. The molecule has 3 aromatic rings. The smallest absolute Gasteiger partial charge is 0.408 e. The molecule has 0 radical (unpaired) electrons. The summed E-state index contributed by atoms with van der Waals surface area (Å²) in [6.07, 6.45) is -4.87. The van der Waals surface area contributed by atoms with Crippen molar-refractivity contribution in [2.45, 2.75) is 97.2 Å². The van der Waals surface area contributed by atoms with E-state index in [0.717, 1.165) is 6.07 Å². The topological polar surface area (TPSA) is 107 Å². The SMILES string of the molecule is CC(C)(C)OC(=O)NC1CC(C)(F)c2cc(F)c(-c3nnc(C(C)(C)C)o3)cc2N(Cc2ccc(OC(C)(F)F)cc2)C1=O. The first-order valence-electron chi connectivity index (χ1n) is 14.0. The summed E-state index contributed by atoms with van der Waals surface area (Å²) >= 11 is 0. The van der Waals surface area contributed by atoms with Gasteiger partial charge in [0.2, 0.25) is 11.8 Å². The number of benzene rings is 2. The number of hydrogen-bond donors (Lipinski definition) is 1. The van der Waals surface area contributed by atoms with Crippen molar-refractivity contribution in [1.29, 1.82) is 0 Å². The van der Waals surface area contributed by atoms with Crippen LogP contribution in [-0.2, 0) is 27.2 Å². The molecule has 4 rings (SSSR count). The summed E-state index contributed by atoms with van der Waals surface area (Å²) in [6, 6.07) is 6.34. The number of nitrogens with zero attached hydrogens (tertiary/aromatic N) is 3. The lowest BCUT2D eigenvalue weighted by molar-refractivity contribution is -0.158. The zero-order valence-electron chi connectivity index (χ0n) is 25.9. The van der Waals surface area contributed by atoms with Crippen molar-refractivity contribution in [2.75, 3.05) is 4.90 Å². The molecule has 2 heterocycles. The van der Waals surface area contributed by atoms with Gasteiger partial charge in [-0.3, -0.25) is 4.79 Å². The average Bonchev–Trinajstić information content (AvgIpc) is 3.34. The third-order valence-corrected chi connectivity index (χ3v) is 6.64. The summed E-state index contributed by atoms with van der Waals surface area (Å²) in [5.74, 6) is -1.60. The molecule has 1 aromatic heterocycles. The molecule has 0 aliphatic carbocycles. The van der Waals surface area contributed by atoms with Crippen LogP contribution in [0.5, 0.6) is 5.75 Å². The molecular weight excluding hydrogens is 584 g/mol. The Kier molecular flexibility index (Phi) is 8.49. The molecule has 13 heteroatoms. The first kappa shape index (κ1) is 32.7. The number of alkyl halides is 3. The largest absolute Gasteiger partial charge is 0.444 e. The number of alkyl carbamates (subject to hydrolysis) is 1. The third-order valence-electron chi connectivity index (χ3n) is 6.64. The van der Waals surface area contributed by atoms with Crippen LogP contribution in [0.4, 0.5) is 28.0 Å². The Hall–Kier alpha value is -4.16. The summed E-state index contributed by atoms with van der Waals surface area (Å²) in [7, 11) is 0. The lowest BCUT2D eigenvalue weighted by atomic mass is 9.90. The molecule has 0 spiro atoms. The summed E-state index contributed by atoms with van der Waals surface area (Å²) in [5.41, 5.74) is -3.59. The van der Waals surface area contributed by atoms with Crippen LogP contribution in [0.1, 0.15) is 78.8 Å². The van der Waals surface area contributed by atoms with Gasteiger partial charge in [-0.1, -0.05) is 32.9 Å². The predicted octanol–water partition coefficient (Wildman–Crippen LogP) is 7.18. The summed E-state index contributed by atoms with van der Waals surface area (Å²) in [6.45, 7) is 12.0. The van der Waals surface area contributed by atoms with Gasteiger partial charge in [0.25, 0.3) is 5.89 Å². The van der Waals surface area contributed by atoms with E-state index in [2.05, 4.69) is 20.3 Å². The molecule has 1 N–H and O–H groups in total. The first-order chi connectivity index (χ1) is 20.1. The van der Waals surface area contributed by atoms with Crippen LogP contribution in [0.2, 0.25) is 0 Å². The number of anilines is 1. The van der Waals surface area contributed by atoms with Gasteiger partial charge in [-0.05, 0) is 57.5 Å². The standard InChI is InChI=1S/C31H36F4N4O5/c1-28(2,3)26-38-37-24(42-26)19-13-23-20(14-21(19)32)30(7,33)15-22(36-27(41)44-29(4,5)6)25(40)39(23)16-17-9-11-18(12-10-17)43-31(8,34)35/h9-14,22H,15-16H2,1-8H3,(H,36,41). The molecular formula is C31H36F4N4O5. The minimum Gasteiger partial charge on any atom is -0.444 e. The Morgan fingerprint density at radius 2 is 1.73 bits per heavy atom. The molecule has 1 aliphatic rings. The highest BCUT2D eigenvalue weighted by atomic mass is 19.3. The fraction of sp³-hybridized carbons (Fsp3) is 0.484. The maximum absolute atomic E-state index is 16.5. The lowest BCUT2D eigenvalue weighted by Gasteiger charge is -2.27. The number of halogens is 4. The average molecular weight is 621 g/mol. The number of rotatable bonds is 6. The lowest BCUT2D eigenvalue weighted by Crippen LogP contribution is -2.50. The molecule has 0 bridgehead atoms. The fourth-order valence-electron chi connectivity index (χ4n) is 4.67. The van der Waals surface area contributed by atoms with Gasteiger partial charge in [0.05, 0.1) is 17.8 Å². The molecule has 1 aliphatic heterocycles. The van der Waals surface area contributed by atoms with Gasteiger partial charge in [0.15, 0.2) is 0 Å². The van der Waals surface area contributed by atoms with Gasteiger partial charge in [0.1, 0.15) is 28.9 Å². The number of aromatic nitrogens is 2. The van der Waals surface area contributed by atoms with Gasteiger partial charge < -0.3 is 24.1 Å². The fourth-order valence-corrected chi connectivity index (χ4v) is 4.67. The van der Waals surface area contributed by atoms with E-state index in [9.17, 15) is 18.4 Å². The molecule has 0 saturated carbocycles. The molecule has 2 atom stereocenters. The normalized spacial score (nSPS) is 19.3. The van der Waals surface area contributed by atoms with Crippen molar-refractivity contribution in [2.24, 2.45) is 0 Å². The minimum atomic E-state index is -3.41. The molecule has 2 aromatic carbocycles. The molecule has 2 amide bonds. The number of amides is 2. The molecule has 0 saturated heterocycles. The van der Waals surface area contributed by atoms with Crippen LogP contribution < -0.4 is 15.0 Å². The highest BCUT2D eigenvalue weighted by Crippen LogP contribution is 2.44. The Bertz CT molecular complexity index is 1540. The van der Waals surface area contributed by atoms with E-state index in [4.69, 9.17) is 9.15 Å². The molecule has 238 valence electrons. The van der Waals surface area contributed by atoms with E-state index in [1.54, 1.807) is 20.8 Å². The number of hydrogen-bond acceptors (Lipinski definition) is 7. The van der Waals surface area contributed by atoms with E-state index in [0.29, 0.717) is 12.5 Å². The van der Waals surface area contributed by atoms with Crippen LogP contribution in [0, 0.1) is 5.82 Å². The van der Waals surface area contributed by atoms with E-state index in [-0.39, 0.29) is 40.9 Å². The summed E-state index contributed by atoms with van der Waals surface area (Å²) < 4.78 is 74.4. The summed E-state index contributed by atoms with van der Waals surface area (Å²) in [4.78, 5) is 27.9. The van der Waals surface area contributed by atoms with E-state index < -0.39 is 53.1 Å². The number of carbonyl (C=O) groups is 2. The van der Waals surface area contributed by atoms with Crippen molar-refractivity contribution >= 4 is 17.7 Å². The van der Waals surface area contributed by atoms with Crippen LogP contribution in [0.3, 0.4) is 0 Å². The van der Waals surface area contributed by atoms with Crippen molar-refractivity contribution in [3.8, 4) is 17.2 Å². The minimum absolute atomic E-state index is 0.000755.